The van der Waals surface area contributed by atoms with Crippen molar-refractivity contribution in [3.63, 3.8) is 0 Å². The van der Waals surface area contributed by atoms with Crippen molar-refractivity contribution in [3.8, 4) is 5.75 Å². The van der Waals surface area contributed by atoms with E-state index in [0.29, 0.717) is 5.75 Å². The summed E-state index contributed by atoms with van der Waals surface area (Å²) in [6, 6.07) is 7.14. The smallest absolute Gasteiger partial charge is 0.259 e. The first-order valence-corrected chi connectivity index (χ1v) is 6.82. The lowest BCUT2D eigenvalue weighted by atomic mass is 10.1. The molecule has 0 saturated carbocycles. The Bertz CT molecular complexity index is 681. The van der Waals surface area contributed by atoms with Crippen LogP contribution in [0.5, 0.6) is 5.75 Å². The summed E-state index contributed by atoms with van der Waals surface area (Å²) in [4.78, 5) is 12.2. The zero-order valence-corrected chi connectivity index (χ0v) is 12.9. The third-order valence-electron chi connectivity index (χ3n) is 2.85. The molecule has 1 amide bonds. The van der Waals surface area contributed by atoms with Crippen LogP contribution in [0.4, 0.5) is 14.5 Å². The van der Waals surface area contributed by atoms with E-state index in [9.17, 15) is 13.6 Å². The molecular weight excluding hydrogens is 344 g/mol. The number of rotatable bonds is 3. The number of methoxy groups -OCH3 is 1. The van der Waals surface area contributed by atoms with Crippen molar-refractivity contribution in [2.45, 2.75) is 6.92 Å². The van der Waals surface area contributed by atoms with Crippen LogP contribution in [0.15, 0.2) is 34.8 Å². The van der Waals surface area contributed by atoms with Gasteiger partial charge in [0.15, 0.2) is 11.6 Å². The second-order valence-corrected chi connectivity index (χ2v) is 5.32. The molecule has 0 atom stereocenters. The molecule has 0 saturated heterocycles. The molecule has 0 unspecified atom stereocenters. The Morgan fingerprint density at radius 1 is 1.19 bits per heavy atom. The molecule has 2 rings (SSSR count). The molecule has 0 radical (unpaired) electrons. The van der Waals surface area contributed by atoms with Gasteiger partial charge in [-0.05, 0) is 31.2 Å². The number of amides is 1. The van der Waals surface area contributed by atoms with Crippen LogP contribution in [0.25, 0.3) is 0 Å². The number of anilines is 1. The number of carbonyl (C=O) groups excluding carboxylic acids is 1. The van der Waals surface area contributed by atoms with Gasteiger partial charge in [-0.3, -0.25) is 4.79 Å². The highest BCUT2D eigenvalue weighted by Crippen LogP contribution is 2.26. The molecule has 21 heavy (non-hydrogen) atoms. The van der Waals surface area contributed by atoms with Gasteiger partial charge in [0.05, 0.1) is 12.7 Å². The first kappa shape index (κ1) is 15.4. The van der Waals surface area contributed by atoms with E-state index in [1.165, 1.54) is 7.11 Å². The predicted molar refractivity (Wildman–Crippen MR) is 79.7 cm³/mol. The van der Waals surface area contributed by atoms with Gasteiger partial charge < -0.3 is 10.1 Å². The Morgan fingerprint density at radius 2 is 1.81 bits per heavy atom. The Kier molecular flexibility index (Phi) is 4.57. The summed E-state index contributed by atoms with van der Waals surface area (Å²) in [5, 5.41) is 2.23. The van der Waals surface area contributed by atoms with E-state index in [2.05, 4.69) is 21.2 Å². The van der Waals surface area contributed by atoms with Crippen LogP contribution in [-0.4, -0.2) is 13.0 Å². The third-order valence-corrected chi connectivity index (χ3v) is 3.30. The minimum absolute atomic E-state index is 0.208. The van der Waals surface area contributed by atoms with Gasteiger partial charge in [-0.15, -0.1) is 0 Å². The monoisotopic (exact) mass is 355 g/mol. The Balaban J connectivity index is 2.37. The molecule has 6 heteroatoms. The van der Waals surface area contributed by atoms with Crippen molar-refractivity contribution in [1.29, 1.82) is 0 Å². The standard InChI is InChI=1S/C15H12BrF2NO2/c1-8-3-4-13(21-2)10(5-8)15(20)19-14-11(17)6-9(16)7-12(14)18/h3-7H,1-2H3,(H,19,20). The molecule has 110 valence electrons. The first-order valence-electron chi connectivity index (χ1n) is 6.03. The minimum Gasteiger partial charge on any atom is -0.496 e. The number of carbonyl (C=O) groups is 1. The highest BCUT2D eigenvalue weighted by atomic mass is 79.9. The minimum atomic E-state index is -0.859. The summed E-state index contributed by atoms with van der Waals surface area (Å²) in [6.07, 6.45) is 0. The molecule has 2 aromatic rings. The van der Waals surface area contributed by atoms with E-state index in [0.717, 1.165) is 17.7 Å². The highest BCUT2D eigenvalue weighted by Gasteiger charge is 2.17. The van der Waals surface area contributed by atoms with Gasteiger partial charge in [0.25, 0.3) is 5.91 Å². The molecule has 0 heterocycles. The lowest BCUT2D eigenvalue weighted by Crippen LogP contribution is -2.15. The van der Waals surface area contributed by atoms with Crippen molar-refractivity contribution in [2.24, 2.45) is 0 Å². The van der Waals surface area contributed by atoms with Gasteiger partial charge in [0.1, 0.15) is 11.4 Å². The SMILES string of the molecule is COc1ccc(C)cc1C(=O)Nc1c(F)cc(Br)cc1F. The molecule has 1 N–H and O–H groups in total. The van der Waals surface area contributed by atoms with Gasteiger partial charge in [-0.1, -0.05) is 27.6 Å². The average molecular weight is 356 g/mol. The molecule has 0 spiro atoms. The fraction of sp³-hybridized carbons (Fsp3) is 0.133. The number of aryl methyl sites for hydroxylation is 1. The number of halogens is 3. The van der Waals surface area contributed by atoms with E-state index in [4.69, 9.17) is 4.74 Å². The van der Waals surface area contributed by atoms with Crippen molar-refractivity contribution in [3.05, 3.63) is 57.6 Å². The van der Waals surface area contributed by atoms with E-state index in [1.54, 1.807) is 25.1 Å². The predicted octanol–water partition coefficient (Wildman–Crippen LogP) is 4.30. The second-order valence-electron chi connectivity index (χ2n) is 4.40. The summed E-state index contributed by atoms with van der Waals surface area (Å²) in [5.41, 5.74) is 0.545. The van der Waals surface area contributed by atoms with E-state index < -0.39 is 23.2 Å². The zero-order chi connectivity index (χ0) is 15.6. The van der Waals surface area contributed by atoms with Gasteiger partial charge >= 0.3 is 0 Å². The fourth-order valence-corrected chi connectivity index (χ4v) is 2.24. The molecule has 3 nitrogen and oxygen atoms in total. The maximum Gasteiger partial charge on any atom is 0.259 e. The summed E-state index contributed by atoms with van der Waals surface area (Å²) < 4.78 is 32.8. The molecule has 0 fully saturated rings. The van der Waals surface area contributed by atoms with Crippen LogP contribution in [0.1, 0.15) is 15.9 Å². The molecule has 0 aliphatic rings. The van der Waals surface area contributed by atoms with E-state index >= 15 is 0 Å². The maximum absolute atomic E-state index is 13.7. The van der Waals surface area contributed by atoms with Crippen LogP contribution >= 0.6 is 15.9 Å². The van der Waals surface area contributed by atoms with Crippen LogP contribution in [0.2, 0.25) is 0 Å². The lowest BCUT2D eigenvalue weighted by Gasteiger charge is -2.11. The number of hydrogen-bond acceptors (Lipinski definition) is 2. The summed E-state index contributed by atoms with van der Waals surface area (Å²) in [6.45, 7) is 1.80. The van der Waals surface area contributed by atoms with Gasteiger partial charge in [0, 0.05) is 4.47 Å². The molecular formula is C15H12BrF2NO2. The number of benzene rings is 2. The quantitative estimate of drug-likeness (QED) is 0.891. The second kappa shape index (κ2) is 6.22. The topological polar surface area (TPSA) is 38.3 Å². The number of ether oxygens (including phenoxy) is 1. The zero-order valence-electron chi connectivity index (χ0n) is 11.3. The first-order chi connectivity index (χ1) is 9.92. The largest absolute Gasteiger partial charge is 0.496 e. The van der Waals surface area contributed by atoms with Gasteiger partial charge in [-0.2, -0.15) is 0 Å². The van der Waals surface area contributed by atoms with Crippen molar-refractivity contribution < 1.29 is 18.3 Å². The average Bonchev–Trinajstić information content (AvgIpc) is 2.42. The summed E-state index contributed by atoms with van der Waals surface area (Å²) in [7, 11) is 1.42. The number of nitrogens with one attached hydrogen (secondary N) is 1. The van der Waals surface area contributed by atoms with Crippen molar-refractivity contribution in [1.82, 2.24) is 0 Å². The molecule has 0 bridgehead atoms. The van der Waals surface area contributed by atoms with Crippen LogP contribution in [0.3, 0.4) is 0 Å². The van der Waals surface area contributed by atoms with Crippen molar-refractivity contribution in [2.75, 3.05) is 12.4 Å². The molecule has 0 aromatic heterocycles. The summed E-state index contributed by atoms with van der Waals surface area (Å²) >= 11 is 2.98. The lowest BCUT2D eigenvalue weighted by molar-refractivity contribution is 0.102. The van der Waals surface area contributed by atoms with Crippen molar-refractivity contribution >= 4 is 27.5 Å². The summed E-state index contributed by atoms with van der Waals surface area (Å²) in [5.74, 6) is -2.03. The normalized spacial score (nSPS) is 10.3. The Labute approximate surface area is 129 Å². The van der Waals surface area contributed by atoms with E-state index in [-0.39, 0.29) is 10.0 Å². The van der Waals surface area contributed by atoms with Gasteiger partial charge in [-0.25, -0.2) is 8.78 Å². The molecule has 0 aliphatic carbocycles. The van der Waals surface area contributed by atoms with Crippen LogP contribution in [-0.2, 0) is 0 Å². The fourth-order valence-electron chi connectivity index (χ4n) is 1.84. The molecule has 2 aromatic carbocycles. The third kappa shape index (κ3) is 3.39. The Hall–Kier alpha value is -1.95. The van der Waals surface area contributed by atoms with Crippen LogP contribution < -0.4 is 10.1 Å². The molecule has 0 aliphatic heterocycles. The maximum atomic E-state index is 13.7. The Morgan fingerprint density at radius 3 is 2.38 bits per heavy atom. The van der Waals surface area contributed by atoms with Crippen LogP contribution in [0, 0.1) is 18.6 Å². The van der Waals surface area contributed by atoms with Gasteiger partial charge in [0.2, 0.25) is 0 Å². The van der Waals surface area contributed by atoms with E-state index in [1.807, 2.05) is 0 Å². The number of hydrogen-bond donors (Lipinski definition) is 1. The highest BCUT2D eigenvalue weighted by molar-refractivity contribution is 9.10.